The van der Waals surface area contributed by atoms with E-state index >= 15 is 0 Å². The van der Waals surface area contributed by atoms with Crippen LogP contribution in [0.3, 0.4) is 0 Å². The predicted octanol–water partition coefficient (Wildman–Crippen LogP) is 2.14. The highest BCUT2D eigenvalue weighted by Crippen LogP contribution is 2.22. The van der Waals surface area contributed by atoms with Crippen molar-refractivity contribution in [3.8, 4) is 0 Å². The van der Waals surface area contributed by atoms with Crippen LogP contribution >= 0.6 is 0 Å². The van der Waals surface area contributed by atoms with Gasteiger partial charge in [-0.15, -0.1) is 0 Å². The number of allylic oxidation sites excluding steroid dienone is 2. The summed E-state index contributed by atoms with van der Waals surface area (Å²) in [5, 5.41) is 0. The molecule has 0 saturated carbocycles. The van der Waals surface area contributed by atoms with Crippen molar-refractivity contribution in [2.75, 3.05) is 0 Å². The molecule has 0 bridgehead atoms. The monoisotopic (exact) mass is 209 g/mol. The van der Waals surface area contributed by atoms with E-state index in [0.29, 0.717) is 17.2 Å². The number of esters is 1. The van der Waals surface area contributed by atoms with Crippen LogP contribution in [0.2, 0.25) is 0 Å². The average Bonchev–Trinajstić information content (AvgIpc) is 2.06. The first-order valence-electron chi connectivity index (χ1n) is 5.21. The summed E-state index contributed by atoms with van der Waals surface area (Å²) in [6.07, 6.45) is 4.64. The molecular formula is C12H19NO2. The Morgan fingerprint density at radius 3 is 2.67 bits per heavy atom. The van der Waals surface area contributed by atoms with Gasteiger partial charge in [-0.2, -0.15) is 0 Å². The molecule has 3 nitrogen and oxygen atoms in total. The highest BCUT2D eigenvalue weighted by molar-refractivity contribution is 5.93. The number of hydrogen-bond acceptors (Lipinski definition) is 3. The second-order valence-corrected chi connectivity index (χ2v) is 4.95. The minimum Gasteiger partial charge on any atom is -0.456 e. The molecule has 0 aliphatic heterocycles. The van der Waals surface area contributed by atoms with Gasteiger partial charge in [0, 0.05) is 5.70 Å². The van der Waals surface area contributed by atoms with Gasteiger partial charge in [-0.3, -0.25) is 0 Å². The van der Waals surface area contributed by atoms with Crippen molar-refractivity contribution in [2.24, 2.45) is 11.7 Å². The predicted molar refractivity (Wildman–Crippen MR) is 60.0 cm³/mol. The third-order valence-electron chi connectivity index (χ3n) is 2.09. The summed E-state index contributed by atoms with van der Waals surface area (Å²) in [5.74, 6) is 0.0163. The lowest BCUT2D eigenvalue weighted by atomic mass is 9.95. The van der Waals surface area contributed by atoms with E-state index in [1.54, 1.807) is 0 Å². The molecule has 3 heteroatoms. The van der Waals surface area contributed by atoms with Crippen molar-refractivity contribution in [2.45, 2.75) is 39.7 Å². The molecule has 0 saturated heterocycles. The molecule has 0 amide bonds. The molecule has 0 aromatic rings. The molecule has 0 fully saturated rings. The number of ether oxygens (including phenoxy) is 1. The van der Waals surface area contributed by atoms with Gasteiger partial charge in [0.2, 0.25) is 0 Å². The van der Waals surface area contributed by atoms with Gasteiger partial charge in [-0.05, 0) is 33.1 Å². The van der Waals surface area contributed by atoms with E-state index in [1.165, 1.54) is 0 Å². The number of carbonyl (C=O) groups excluding carboxylic acids is 1. The van der Waals surface area contributed by atoms with Crippen LogP contribution in [0.1, 0.15) is 34.1 Å². The van der Waals surface area contributed by atoms with Crippen molar-refractivity contribution in [3.05, 3.63) is 23.4 Å². The summed E-state index contributed by atoms with van der Waals surface area (Å²) in [5.41, 5.74) is 6.31. The number of hydrogen-bond donors (Lipinski definition) is 1. The fourth-order valence-electron chi connectivity index (χ4n) is 1.39. The van der Waals surface area contributed by atoms with Gasteiger partial charge in [0.15, 0.2) is 0 Å². The Balaban J connectivity index is 2.79. The van der Waals surface area contributed by atoms with Gasteiger partial charge in [0.25, 0.3) is 0 Å². The fourth-order valence-corrected chi connectivity index (χ4v) is 1.39. The third kappa shape index (κ3) is 3.42. The Hall–Kier alpha value is -1.25. The molecule has 2 N–H and O–H groups in total. The van der Waals surface area contributed by atoms with Crippen LogP contribution in [0.4, 0.5) is 0 Å². The summed E-state index contributed by atoms with van der Waals surface area (Å²) in [6.45, 7) is 7.58. The Labute approximate surface area is 91.0 Å². The van der Waals surface area contributed by atoms with E-state index in [2.05, 4.69) is 0 Å². The topological polar surface area (TPSA) is 52.3 Å². The molecule has 15 heavy (non-hydrogen) atoms. The average molecular weight is 209 g/mol. The lowest BCUT2D eigenvalue weighted by molar-refractivity contribution is -0.149. The zero-order valence-electron chi connectivity index (χ0n) is 9.83. The van der Waals surface area contributed by atoms with Gasteiger partial charge in [0.05, 0.1) is 5.57 Å². The largest absolute Gasteiger partial charge is 0.456 e. The van der Waals surface area contributed by atoms with Crippen molar-refractivity contribution in [1.29, 1.82) is 0 Å². The number of carbonyl (C=O) groups is 1. The molecule has 0 aromatic carbocycles. The van der Waals surface area contributed by atoms with Crippen LogP contribution < -0.4 is 5.73 Å². The maximum Gasteiger partial charge on any atom is 0.340 e. The van der Waals surface area contributed by atoms with Crippen molar-refractivity contribution >= 4 is 5.97 Å². The van der Waals surface area contributed by atoms with Crippen molar-refractivity contribution in [1.82, 2.24) is 0 Å². The van der Waals surface area contributed by atoms with E-state index in [4.69, 9.17) is 10.5 Å². The minimum atomic E-state index is -0.473. The quantitative estimate of drug-likeness (QED) is 0.673. The Kier molecular flexibility index (Phi) is 3.22. The zero-order chi connectivity index (χ0) is 11.6. The standard InChI is InChI=1S/C12H19NO2/c1-8-5-6-10(13)9(7-8)11(14)15-12(2,3)4/h6-8H,5,13H2,1-4H3. The first-order valence-corrected chi connectivity index (χ1v) is 5.21. The lowest BCUT2D eigenvalue weighted by Gasteiger charge is -2.22. The van der Waals surface area contributed by atoms with E-state index in [1.807, 2.05) is 39.8 Å². The fraction of sp³-hybridized carbons (Fsp3) is 0.583. The molecule has 1 aliphatic carbocycles. The maximum atomic E-state index is 11.8. The summed E-state index contributed by atoms with van der Waals surface area (Å²) in [7, 11) is 0. The van der Waals surface area contributed by atoms with Crippen LogP contribution in [0.25, 0.3) is 0 Å². The van der Waals surface area contributed by atoms with Crippen LogP contribution in [0.15, 0.2) is 23.4 Å². The summed E-state index contributed by atoms with van der Waals surface area (Å²) >= 11 is 0. The summed E-state index contributed by atoms with van der Waals surface area (Å²) in [6, 6.07) is 0. The van der Waals surface area contributed by atoms with Gasteiger partial charge in [0.1, 0.15) is 5.60 Å². The first kappa shape index (κ1) is 11.8. The van der Waals surface area contributed by atoms with Gasteiger partial charge < -0.3 is 10.5 Å². The molecule has 0 aromatic heterocycles. The van der Waals surface area contributed by atoms with E-state index in [9.17, 15) is 4.79 Å². The molecule has 84 valence electrons. The number of rotatable bonds is 1. The summed E-state index contributed by atoms with van der Waals surface area (Å²) < 4.78 is 5.27. The molecule has 1 aliphatic rings. The van der Waals surface area contributed by atoms with E-state index in [-0.39, 0.29) is 5.97 Å². The molecule has 0 spiro atoms. The maximum absolute atomic E-state index is 11.8. The Morgan fingerprint density at radius 2 is 2.13 bits per heavy atom. The molecule has 1 rings (SSSR count). The SMILES string of the molecule is CC1C=C(C(=O)OC(C)(C)C)C(N)=CC1. The molecule has 1 atom stereocenters. The Bertz CT molecular complexity index is 321. The third-order valence-corrected chi connectivity index (χ3v) is 2.09. The Morgan fingerprint density at radius 1 is 1.53 bits per heavy atom. The highest BCUT2D eigenvalue weighted by Gasteiger charge is 2.23. The van der Waals surface area contributed by atoms with Gasteiger partial charge >= 0.3 is 5.97 Å². The van der Waals surface area contributed by atoms with Crippen LogP contribution in [0.5, 0.6) is 0 Å². The second-order valence-electron chi connectivity index (χ2n) is 4.95. The molecule has 1 unspecified atom stereocenters. The van der Waals surface area contributed by atoms with E-state index < -0.39 is 5.60 Å². The van der Waals surface area contributed by atoms with Crippen LogP contribution in [-0.4, -0.2) is 11.6 Å². The zero-order valence-corrected chi connectivity index (χ0v) is 9.83. The molecule has 0 radical (unpaired) electrons. The number of nitrogens with two attached hydrogens (primary N) is 1. The van der Waals surface area contributed by atoms with E-state index in [0.717, 1.165) is 6.42 Å². The van der Waals surface area contributed by atoms with Crippen LogP contribution in [0, 0.1) is 5.92 Å². The van der Waals surface area contributed by atoms with Crippen molar-refractivity contribution < 1.29 is 9.53 Å². The van der Waals surface area contributed by atoms with Gasteiger partial charge in [-0.1, -0.05) is 19.1 Å². The highest BCUT2D eigenvalue weighted by atomic mass is 16.6. The minimum absolute atomic E-state index is 0.331. The summed E-state index contributed by atoms with van der Waals surface area (Å²) in [4.78, 5) is 11.8. The lowest BCUT2D eigenvalue weighted by Crippen LogP contribution is -2.27. The first-order chi connectivity index (χ1) is 6.79. The normalized spacial score (nSPS) is 21.7. The van der Waals surface area contributed by atoms with Gasteiger partial charge in [-0.25, -0.2) is 4.79 Å². The van der Waals surface area contributed by atoms with Crippen molar-refractivity contribution in [3.63, 3.8) is 0 Å². The second kappa shape index (κ2) is 4.09. The molecular weight excluding hydrogens is 190 g/mol. The smallest absolute Gasteiger partial charge is 0.340 e. The molecule has 0 heterocycles. The van der Waals surface area contributed by atoms with Crippen LogP contribution in [-0.2, 0) is 9.53 Å².